The van der Waals surface area contributed by atoms with Crippen LogP contribution in [-0.4, -0.2) is 35.7 Å². The smallest absolute Gasteiger partial charge is 0.335 e. The summed E-state index contributed by atoms with van der Waals surface area (Å²) in [6.45, 7) is 2.60. The van der Waals surface area contributed by atoms with Crippen LogP contribution >= 0.6 is 0 Å². The summed E-state index contributed by atoms with van der Waals surface area (Å²) in [5, 5.41) is 12.3. The number of ether oxygens (including phenoxy) is 1. The maximum Gasteiger partial charge on any atom is 0.335 e. The molecule has 0 aromatic heterocycles. The molecule has 1 aromatic carbocycles. The van der Waals surface area contributed by atoms with E-state index in [9.17, 15) is 9.59 Å². The van der Waals surface area contributed by atoms with E-state index in [-0.39, 0.29) is 22.9 Å². The van der Waals surface area contributed by atoms with Gasteiger partial charge in [-0.25, -0.2) is 4.79 Å². The molecule has 2 N–H and O–H groups in total. The first-order valence-electron chi connectivity index (χ1n) is 8.29. The number of rotatable bonds is 3. The van der Waals surface area contributed by atoms with E-state index in [2.05, 4.69) is 5.32 Å². The Morgan fingerprint density at radius 2 is 2.00 bits per heavy atom. The molecule has 3 unspecified atom stereocenters. The average molecular weight is 315 g/mol. The van der Waals surface area contributed by atoms with Crippen molar-refractivity contribution in [3.8, 4) is 0 Å². The maximum absolute atomic E-state index is 12.6. The van der Waals surface area contributed by atoms with Crippen molar-refractivity contribution in [1.82, 2.24) is 5.32 Å². The van der Waals surface area contributed by atoms with Gasteiger partial charge in [0.1, 0.15) is 0 Å². The van der Waals surface area contributed by atoms with Gasteiger partial charge in [-0.05, 0) is 49.9 Å². The second-order valence-corrected chi connectivity index (χ2v) is 7.17. The molecule has 1 aromatic rings. The van der Waals surface area contributed by atoms with Gasteiger partial charge < -0.3 is 15.2 Å². The number of nitrogens with one attached hydrogen (secondary N) is 1. The number of aryl methyl sites for hydroxylation is 1. The van der Waals surface area contributed by atoms with Gasteiger partial charge in [-0.3, -0.25) is 4.79 Å². The summed E-state index contributed by atoms with van der Waals surface area (Å²) in [6, 6.07) is 4.96. The lowest BCUT2D eigenvalue weighted by Crippen LogP contribution is -2.71. The molecular weight excluding hydrogens is 294 g/mol. The Bertz CT molecular complexity index is 680. The highest BCUT2D eigenvalue weighted by Crippen LogP contribution is 2.62. The standard InChI is InChI=1S/C18H21NO4/c1-10-7-11(9-12(8-10)17(21)22)16(20)19-14-13-3-6-23-15(13)18(14)4-2-5-18/h7-9,13-15H,2-6H2,1H3,(H,19,20)(H,21,22). The molecule has 1 aliphatic heterocycles. The molecule has 5 nitrogen and oxygen atoms in total. The van der Waals surface area contributed by atoms with Crippen molar-refractivity contribution in [3.63, 3.8) is 0 Å². The van der Waals surface area contributed by atoms with Crippen LogP contribution in [0.4, 0.5) is 0 Å². The van der Waals surface area contributed by atoms with Crippen molar-refractivity contribution in [2.24, 2.45) is 11.3 Å². The van der Waals surface area contributed by atoms with Gasteiger partial charge in [-0.1, -0.05) is 6.42 Å². The zero-order chi connectivity index (χ0) is 16.2. The van der Waals surface area contributed by atoms with Gasteiger partial charge in [0.15, 0.2) is 0 Å². The molecule has 0 bridgehead atoms. The number of hydrogen-bond acceptors (Lipinski definition) is 3. The molecule has 3 atom stereocenters. The van der Waals surface area contributed by atoms with Crippen LogP contribution < -0.4 is 5.32 Å². The summed E-state index contributed by atoms with van der Waals surface area (Å²) in [5.74, 6) is -0.757. The summed E-state index contributed by atoms with van der Waals surface area (Å²) in [4.78, 5) is 23.8. The normalized spacial score (nSPS) is 30.2. The van der Waals surface area contributed by atoms with Gasteiger partial charge in [0.25, 0.3) is 5.91 Å². The van der Waals surface area contributed by atoms with E-state index >= 15 is 0 Å². The molecule has 1 amide bonds. The van der Waals surface area contributed by atoms with Crippen molar-refractivity contribution in [2.75, 3.05) is 6.61 Å². The topological polar surface area (TPSA) is 75.6 Å². The molecule has 122 valence electrons. The SMILES string of the molecule is Cc1cc(C(=O)O)cc(C(=O)NC2C3CCOC3C23CCC3)c1. The van der Waals surface area contributed by atoms with Crippen molar-refractivity contribution >= 4 is 11.9 Å². The predicted molar refractivity (Wildman–Crippen MR) is 83.5 cm³/mol. The van der Waals surface area contributed by atoms with Crippen LogP contribution in [0.2, 0.25) is 0 Å². The number of fused-ring (bicyclic) bond motifs is 2. The summed E-state index contributed by atoms with van der Waals surface area (Å²) in [7, 11) is 0. The van der Waals surface area contributed by atoms with Gasteiger partial charge in [0, 0.05) is 29.5 Å². The van der Waals surface area contributed by atoms with Crippen LogP contribution in [0.25, 0.3) is 0 Å². The first kappa shape index (κ1) is 14.7. The summed E-state index contributed by atoms with van der Waals surface area (Å²) in [6.07, 6.45) is 4.76. The minimum absolute atomic E-state index is 0.135. The fourth-order valence-corrected chi connectivity index (χ4v) is 4.72. The lowest BCUT2D eigenvalue weighted by molar-refractivity contribution is -0.172. The molecule has 1 saturated heterocycles. The number of hydrogen-bond donors (Lipinski definition) is 2. The zero-order valence-electron chi connectivity index (χ0n) is 13.2. The fourth-order valence-electron chi connectivity index (χ4n) is 4.72. The van der Waals surface area contributed by atoms with E-state index in [1.807, 2.05) is 0 Å². The van der Waals surface area contributed by atoms with Crippen molar-refractivity contribution in [2.45, 2.75) is 44.8 Å². The summed E-state index contributed by atoms with van der Waals surface area (Å²) < 4.78 is 5.87. The molecule has 23 heavy (non-hydrogen) atoms. The second-order valence-electron chi connectivity index (χ2n) is 7.17. The molecule has 1 heterocycles. The van der Waals surface area contributed by atoms with Crippen molar-refractivity contribution in [1.29, 1.82) is 0 Å². The predicted octanol–water partition coefficient (Wildman–Crippen LogP) is 2.38. The van der Waals surface area contributed by atoms with E-state index < -0.39 is 5.97 Å². The van der Waals surface area contributed by atoms with E-state index in [4.69, 9.17) is 9.84 Å². The monoisotopic (exact) mass is 315 g/mol. The van der Waals surface area contributed by atoms with Crippen LogP contribution in [0.5, 0.6) is 0 Å². The highest BCUT2D eigenvalue weighted by atomic mass is 16.5. The number of carboxylic acid groups (broad SMARTS) is 1. The Balaban J connectivity index is 1.55. The minimum atomic E-state index is -1.01. The highest BCUT2D eigenvalue weighted by molar-refractivity contribution is 5.98. The molecule has 2 saturated carbocycles. The number of aromatic carboxylic acids is 1. The Kier molecular flexibility index (Phi) is 3.23. The fraction of sp³-hybridized carbons (Fsp3) is 0.556. The number of benzene rings is 1. The highest BCUT2D eigenvalue weighted by Gasteiger charge is 2.66. The lowest BCUT2D eigenvalue weighted by atomic mass is 9.46. The molecule has 4 rings (SSSR count). The molecular formula is C18H21NO4. The molecule has 0 radical (unpaired) electrons. The van der Waals surface area contributed by atoms with E-state index in [1.165, 1.54) is 12.5 Å². The Hall–Kier alpha value is -1.88. The third-order valence-corrected chi connectivity index (χ3v) is 5.91. The molecule has 2 aliphatic carbocycles. The van der Waals surface area contributed by atoms with Gasteiger partial charge in [-0.15, -0.1) is 0 Å². The van der Waals surface area contributed by atoms with Crippen LogP contribution in [0.3, 0.4) is 0 Å². The average Bonchev–Trinajstić information content (AvgIpc) is 2.87. The number of carbonyl (C=O) groups excluding carboxylic acids is 1. The number of carboxylic acids is 1. The van der Waals surface area contributed by atoms with Crippen molar-refractivity contribution < 1.29 is 19.4 Å². The van der Waals surface area contributed by atoms with Crippen LogP contribution in [0.1, 0.15) is 52.0 Å². The zero-order valence-corrected chi connectivity index (χ0v) is 13.2. The maximum atomic E-state index is 12.6. The third kappa shape index (κ3) is 2.10. The second kappa shape index (κ2) is 5.06. The van der Waals surface area contributed by atoms with Gasteiger partial charge in [0.05, 0.1) is 11.7 Å². The molecule has 3 aliphatic rings. The first-order chi connectivity index (χ1) is 11.0. The van der Waals surface area contributed by atoms with E-state index in [0.717, 1.165) is 31.4 Å². The Morgan fingerprint density at radius 3 is 2.65 bits per heavy atom. The van der Waals surface area contributed by atoms with Crippen LogP contribution in [-0.2, 0) is 4.74 Å². The van der Waals surface area contributed by atoms with E-state index in [1.54, 1.807) is 19.1 Å². The number of carbonyl (C=O) groups is 2. The Labute approximate surface area is 135 Å². The lowest BCUT2D eigenvalue weighted by Gasteiger charge is -2.63. The van der Waals surface area contributed by atoms with Crippen molar-refractivity contribution in [3.05, 3.63) is 34.9 Å². The summed E-state index contributed by atoms with van der Waals surface area (Å²) >= 11 is 0. The molecule has 1 spiro atoms. The van der Waals surface area contributed by atoms with Gasteiger partial charge in [-0.2, -0.15) is 0 Å². The number of amides is 1. The summed E-state index contributed by atoms with van der Waals surface area (Å²) in [5.41, 5.74) is 1.50. The first-order valence-corrected chi connectivity index (χ1v) is 8.29. The van der Waals surface area contributed by atoms with Crippen LogP contribution in [0.15, 0.2) is 18.2 Å². The van der Waals surface area contributed by atoms with Crippen LogP contribution in [0, 0.1) is 18.3 Å². The third-order valence-electron chi connectivity index (χ3n) is 5.91. The minimum Gasteiger partial charge on any atom is -0.478 e. The molecule has 5 heteroatoms. The largest absolute Gasteiger partial charge is 0.478 e. The quantitative estimate of drug-likeness (QED) is 0.898. The van der Waals surface area contributed by atoms with E-state index in [0.29, 0.717) is 17.6 Å². The van der Waals surface area contributed by atoms with Gasteiger partial charge in [0.2, 0.25) is 0 Å². The Morgan fingerprint density at radius 1 is 1.26 bits per heavy atom. The van der Waals surface area contributed by atoms with Gasteiger partial charge >= 0.3 is 5.97 Å². The molecule has 3 fully saturated rings.